The van der Waals surface area contributed by atoms with Gasteiger partial charge in [0.15, 0.2) is 0 Å². The Hall–Kier alpha value is -3.59. The van der Waals surface area contributed by atoms with Crippen molar-refractivity contribution in [3.63, 3.8) is 0 Å². The summed E-state index contributed by atoms with van der Waals surface area (Å²) in [7, 11) is 0. The van der Waals surface area contributed by atoms with Gasteiger partial charge in [-0.3, -0.25) is 0 Å². The van der Waals surface area contributed by atoms with Gasteiger partial charge in [0.25, 0.3) is 0 Å². The first-order valence-corrected chi connectivity index (χ1v) is 10.6. The number of carbonyl (C=O) groups is 2. The van der Waals surface area contributed by atoms with Gasteiger partial charge in [-0.15, -0.1) is 0 Å². The summed E-state index contributed by atoms with van der Waals surface area (Å²) in [4.78, 5) is 27.6. The number of halogens is 4. The molecule has 6 nitrogen and oxygen atoms in total. The van der Waals surface area contributed by atoms with E-state index in [0.717, 1.165) is 22.3 Å². The summed E-state index contributed by atoms with van der Waals surface area (Å²) >= 11 is 5.86. The third-order valence-corrected chi connectivity index (χ3v) is 5.94. The van der Waals surface area contributed by atoms with Gasteiger partial charge in [0.05, 0.1) is 5.56 Å². The first-order chi connectivity index (χ1) is 16.1. The molecule has 0 saturated carbocycles. The number of pyridine rings is 1. The van der Waals surface area contributed by atoms with Crippen LogP contribution in [0.2, 0.25) is 5.15 Å². The molecule has 0 bridgehead atoms. The normalized spacial score (nSPS) is 13.6. The van der Waals surface area contributed by atoms with Gasteiger partial charge in [0.2, 0.25) is 0 Å². The molecule has 0 aliphatic heterocycles. The second kappa shape index (κ2) is 9.34. The van der Waals surface area contributed by atoms with E-state index in [1.807, 2.05) is 48.5 Å². The zero-order valence-electron chi connectivity index (χ0n) is 17.5. The average molecular weight is 491 g/mol. The second-order valence-corrected chi connectivity index (χ2v) is 8.09. The summed E-state index contributed by atoms with van der Waals surface area (Å²) < 4.78 is 44.3. The quantitative estimate of drug-likeness (QED) is 0.458. The van der Waals surface area contributed by atoms with E-state index in [1.54, 1.807) is 0 Å². The number of nitrogens with one attached hydrogen (secondary N) is 1. The number of carboxylic acids is 1. The minimum absolute atomic E-state index is 0.0436. The minimum Gasteiger partial charge on any atom is -0.480 e. The number of ether oxygens (including phenoxy) is 1. The Labute approximate surface area is 197 Å². The number of hydrogen-bond acceptors (Lipinski definition) is 4. The summed E-state index contributed by atoms with van der Waals surface area (Å²) in [5.74, 6) is -1.69. The van der Waals surface area contributed by atoms with Crippen LogP contribution in [0.1, 0.15) is 28.2 Å². The number of aliphatic carboxylic acids is 1. The molecule has 1 aliphatic rings. The molecule has 1 aromatic heterocycles. The Morgan fingerprint density at radius 1 is 1.09 bits per heavy atom. The fraction of sp³-hybridized carbons (Fsp3) is 0.208. The molecule has 1 atom stereocenters. The van der Waals surface area contributed by atoms with E-state index >= 15 is 0 Å². The van der Waals surface area contributed by atoms with E-state index in [2.05, 4.69) is 10.3 Å². The first-order valence-electron chi connectivity index (χ1n) is 10.2. The fourth-order valence-electron chi connectivity index (χ4n) is 3.99. The lowest BCUT2D eigenvalue weighted by molar-refractivity contribution is -0.139. The molecule has 3 aromatic rings. The molecular weight excluding hydrogens is 473 g/mol. The average Bonchev–Trinajstić information content (AvgIpc) is 3.11. The molecule has 1 amide bonds. The highest BCUT2D eigenvalue weighted by atomic mass is 35.5. The molecule has 0 radical (unpaired) electrons. The predicted molar refractivity (Wildman–Crippen MR) is 118 cm³/mol. The van der Waals surface area contributed by atoms with Crippen LogP contribution in [0, 0.1) is 0 Å². The summed E-state index contributed by atoms with van der Waals surface area (Å²) in [6, 6.07) is 14.5. The summed E-state index contributed by atoms with van der Waals surface area (Å²) in [6.07, 6.45) is -5.63. The SMILES string of the molecule is O=C(NC(Cc1cc(C(F)(F)F)cnc1Cl)C(=O)O)OCC1c2ccccc2-c2ccccc21. The highest BCUT2D eigenvalue weighted by Crippen LogP contribution is 2.44. The molecule has 2 aromatic carbocycles. The summed E-state index contributed by atoms with van der Waals surface area (Å²) in [5.41, 5.74) is 2.78. The zero-order valence-corrected chi connectivity index (χ0v) is 18.2. The third-order valence-electron chi connectivity index (χ3n) is 5.60. The largest absolute Gasteiger partial charge is 0.480 e. The molecule has 34 heavy (non-hydrogen) atoms. The van der Waals surface area contributed by atoms with Gasteiger partial charge in [0, 0.05) is 18.5 Å². The van der Waals surface area contributed by atoms with Crippen molar-refractivity contribution < 1.29 is 32.6 Å². The molecule has 2 N–H and O–H groups in total. The van der Waals surface area contributed by atoms with Crippen LogP contribution in [0.4, 0.5) is 18.0 Å². The van der Waals surface area contributed by atoms with Crippen LogP contribution in [0.15, 0.2) is 60.8 Å². The number of hydrogen-bond donors (Lipinski definition) is 2. The van der Waals surface area contributed by atoms with Crippen molar-refractivity contribution in [2.75, 3.05) is 6.61 Å². The van der Waals surface area contributed by atoms with Gasteiger partial charge in [-0.05, 0) is 33.9 Å². The van der Waals surface area contributed by atoms with E-state index < -0.39 is 36.3 Å². The number of nitrogens with zero attached hydrogens (tertiary/aromatic N) is 1. The Morgan fingerprint density at radius 3 is 2.24 bits per heavy atom. The van der Waals surface area contributed by atoms with Crippen molar-refractivity contribution >= 4 is 23.7 Å². The van der Waals surface area contributed by atoms with Crippen LogP contribution in [-0.4, -0.2) is 34.8 Å². The topological polar surface area (TPSA) is 88.5 Å². The van der Waals surface area contributed by atoms with E-state index in [9.17, 15) is 27.9 Å². The van der Waals surface area contributed by atoms with Crippen LogP contribution in [-0.2, 0) is 22.1 Å². The number of alkyl halides is 3. The maximum absolute atomic E-state index is 13.0. The third kappa shape index (κ3) is 4.84. The predicted octanol–water partition coefficient (Wildman–Crippen LogP) is 5.29. The minimum atomic E-state index is -4.68. The zero-order chi connectivity index (χ0) is 24.5. The molecule has 10 heteroatoms. The van der Waals surface area contributed by atoms with Crippen LogP contribution >= 0.6 is 11.6 Å². The first kappa shape index (κ1) is 23.6. The van der Waals surface area contributed by atoms with Crippen molar-refractivity contribution in [3.05, 3.63) is 88.2 Å². The molecule has 176 valence electrons. The molecular formula is C24H18ClF3N2O4. The number of fused-ring (bicyclic) bond motifs is 3. The highest BCUT2D eigenvalue weighted by molar-refractivity contribution is 6.30. The number of aromatic nitrogens is 1. The smallest absolute Gasteiger partial charge is 0.417 e. The number of carbonyl (C=O) groups excluding carboxylic acids is 1. The molecule has 0 spiro atoms. The number of benzene rings is 2. The molecule has 1 aliphatic carbocycles. The second-order valence-electron chi connectivity index (χ2n) is 7.74. The summed E-state index contributed by atoms with van der Waals surface area (Å²) in [6.45, 7) is -0.0436. The molecule has 0 fully saturated rings. The number of carboxylic acid groups (broad SMARTS) is 1. The van der Waals surface area contributed by atoms with Gasteiger partial charge >= 0.3 is 18.2 Å². The van der Waals surface area contributed by atoms with Crippen molar-refractivity contribution in [2.24, 2.45) is 0 Å². The van der Waals surface area contributed by atoms with Crippen molar-refractivity contribution in [3.8, 4) is 11.1 Å². The van der Waals surface area contributed by atoms with E-state index in [-0.39, 0.29) is 23.2 Å². The van der Waals surface area contributed by atoms with Crippen LogP contribution in [0.5, 0.6) is 0 Å². The molecule has 0 saturated heterocycles. The van der Waals surface area contributed by atoms with E-state index in [0.29, 0.717) is 12.3 Å². The Kier molecular flexibility index (Phi) is 6.47. The lowest BCUT2D eigenvalue weighted by Gasteiger charge is -2.18. The van der Waals surface area contributed by atoms with E-state index in [1.165, 1.54) is 0 Å². The Morgan fingerprint density at radius 2 is 1.68 bits per heavy atom. The van der Waals surface area contributed by atoms with Gasteiger partial charge in [0.1, 0.15) is 17.8 Å². The van der Waals surface area contributed by atoms with Crippen LogP contribution in [0.3, 0.4) is 0 Å². The van der Waals surface area contributed by atoms with Gasteiger partial charge in [-0.2, -0.15) is 13.2 Å². The standard InChI is InChI=1S/C24H18ClF3N2O4/c25-21-13(9-14(11-29-21)24(26,27)28)10-20(22(31)32)30-23(33)34-12-19-17-7-3-1-5-15(17)16-6-2-4-8-18(16)19/h1-9,11,19-20H,10,12H2,(H,30,33)(H,31,32). The highest BCUT2D eigenvalue weighted by Gasteiger charge is 2.33. The summed E-state index contributed by atoms with van der Waals surface area (Å²) in [5, 5.41) is 11.4. The Balaban J connectivity index is 1.46. The molecule has 4 rings (SSSR count). The lowest BCUT2D eigenvalue weighted by Crippen LogP contribution is -2.43. The van der Waals surface area contributed by atoms with Gasteiger partial charge in [-0.25, -0.2) is 14.6 Å². The van der Waals surface area contributed by atoms with Crippen LogP contribution < -0.4 is 5.32 Å². The van der Waals surface area contributed by atoms with Crippen molar-refractivity contribution in [1.29, 1.82) is 0 Å². The Bertz CT molecular complexity index is 1200. The van der Waals surface area contributed by atoms with Crippen molar-refractivity contribution in [1.82, 2.24) is 10.3 Å². The van der Waals surface area contributed by atoms with E-state index in [4.69, 9.17) is 16.3 Å². The molecule has 1 heterocycles. The van der Waals surface area contributed by atoms with Gasteiger partial charge in [-0.1, -0.05) is 60.1 Å². The van der Waals surface area contributed by atoms with Crippen molar-refractivity contribution in [2.45, 2.75) is 24.6 Å². The number of alkyl carbamates (subject to hydrolysis) is 1. The fourth-order valence-corrected chi connectivity index (χ4v) is 4.17. The number of amides is 1. The molecule has 1 unspecified atom stereocenters. The maximum atomic E-state index is 13.0. The lowest BCUT2D eigenvalue weighted by atomic mass is 9.98. The monoisotopic (exact) mass is 490 g/mol. The van der Waals surface area contributed by atoms with Gasteiger partial charge < -0.3 is 15.2 Å². The maximum Gasteiger partial charge on any atom is 0.417 e. The number of rotatable bonds is 6. The van der Waals surface area contributed by atoms with Crippen LogP contribution in [0.25, 0.3) is 11.1 Å².